The second-order valence-electron chi connectivity index (χ2n) is 6.03. The van der Waals surface area contributed by atoms with Crippen LogP contribution in [0.3, 0.4) is 0 Å². The van der Waals surface area contributed by atoms with Crippen molar-refractivity contribution in [3.63, 3.8) is 0 Å². The Bertz CT molecular complexity index is 774. The van der Waals surface area contributed by atoms with Crippen LogP contribution in [0, 0.1) is 0 Å². The van der Waals surface area contributed by atoms with Gasteiger partial charge in [0.15, 0.2) is 0 Å². The van der Waals surface area contributed by atoms with Gasteiger partial charge in [-0.1, -0.05) is 42.5 Å². The molecule has 0 spiro atoms. The Kier molecular flexibility index (Phi) is 4.75. The van der Waals surface area contributed by atoms with Gasteiger partial charge in [0.2, 0.25) is 0 Å². The minimum absolute atomic E-state index is 0.130. The molecule has 1 aliphatic heterocycles. The average Bonchev–Trinajstić information content (AvgIpc) is 2.94. The second kappa shape index (κ2) is 7.13. The molecule has 1 N–H and O–H groups in total. The van der Waals surface area contributed by atoms with Crippen LogP contribution in [0.15, 0.2) is 65.3 Å². The first-order valence-corrected chi connectivity index (χ1v) is 8.04. The zero-order valence-corrected chi connectivity index (χ0v) is 14.0. The predicted molar refractivity (Wildman–Crippen MR) is 99.1 cm³/mol. The first-order chi connectivity index (χ1) is 11.6. The van der Waals surface area contributed by atoms with Gasteiger partial charge < -0.3 is 4.90 Å². The van der Waals surface area contributed by atoms with Gasteiger partial charge in [-0.3, -0.25) is 4.79 Å². The molecule has 4 heteroatoms. The van der Waals surface area contributed by atoms with E-state index in [1.54, 1.807) is 0 Å². The molecule has 0 atom stereocenters. The maximum atomic E-state index is 12.1. The highest BCUT2D eigenvalue weighted by atomic mass is 16.2. The zero-order valence-electron chi connectivity index (χ0n) is 14.0. The number of anilines is 1. The fraction of sp³-hybridized carbons (Fsp3) is 0.200. The largest absolute Gasteiger partial charge is 0.378 e. The Hall–Kier alpha value is -2.88. The molecule has 2 aromatic carbocycles. The normalized spacial score (nSPS) is 15.3. The number of nitrogens with one attached hydrogen (secondary N) is 1. The molecule has 3 rings (SSSR count). The monoisotopic (exact) mass is 319 g/mol. The summed E-state index contributed by atoms with van der Waals surface area (Å²) in [6.07, 6.45) is 3.52. The van der Waals surface area contributed by atoms with E-state index in [9.17, 15) is 4.79 Å². The summed E-state index contributed by atoms with van der Waals surface area (Å²) in [6.45, 7) is 0. The van der Waals surface area contributed by atoms with E-state index in [2.05, 4.69) is 22.7 Å². The van der Waals surface area contributed by atoms with Gasteiger partial charge in [-0.05, 0) is 42.2 Å². The van der Waals surface area contributed by atoms with Crippen LogP contribution >= 0.6 is 0 Å². The molecular formula is C20H21N3O. The summed E-state index contributed by atoms with van der Waals surface area (Å²) in [5.41, 5.74) is 7.43. The molecule has 1 heterocycles. The quantitative estimate of drug-likeness (QED) is 0.860. The SMILES string of the molecule is CN(C)c1ccc(C=C2C(=O)NN=C2CCc2ccccc2)cc1. The van der Waals surface area contributed by atoms with E-state index in [4.69, 9.17) is 0 Å². The molecule has 0 saturated heterocycles. The average molecular weight is 319 g/mol. The zero-order chi connectivity index (χ0) is 16.9. The molecule has 0 fully saturated rings. The number of amides is 1. The second-order valence-corrected chi connectivity index (χ2v) is 6.03. The molecule has 122 valence electrons. The van der Waals surface area contributed by atoms with Crippen LogP contribution in [-0.4, -0.2) is 25.7 Å². The highest BCUT2D eigenvalue weighted by Gasteiger charge is 2.22. The summed E-state index contributed by atoms with van der Waals surface area (Å²) < 4.78 is 0. The van der Waals surface area contributed by atoms with E-state index >= 15 is 0 Å². The predicted octanol–water partition coefficient (Wildman–Crippen LogP) is 3.25. The van der Waals surface area contributed by atoms with Crippen molar-refractivity contribution in [3.05, 3.63) is 71.3 Å². The highest BCUT2D eigenvalue weighted by molar-refractivity contribution is 6.27. The van der Waals surface area contributed by atoms with Crippen LogP contribution in [0.2, 0.25) is 0 Å². The highest BCUT2D eigenvalue weighted by Crippen LogP contribution is 2.18. The Labute approximate surface area is 142 Å². The molecule has 0 saturated carbocycles. The van der Waals surface area contributed by atoms with Gasteiger partial charge in [-0.25, -0.2) is 5.43 Å². The van der Waals surface area contributed by atoms with Gasteiger partial charge in [-0.15, -0.1) is 0 Å². The van der Waals surface area contributed by atoms with Crippen LogP contribution in [0.25, 0.3) is 6.08 Å². The lowest BCUT2D eigenvalue weighted by molar-refractivity contribution is -0.116. The van der Waals surface area contributed by atoms with Crippen LogP contribution in [0.1, 0.15) is 17.5 Å². The van der Waals surface area contributed by atoms with Crippen LogP contribution in [-0.2, 0) is 11.2 Å². The molecule has 24 heavy (non-hydrogen) atoms. The molecule has 1 aliphatic rings. The van der Waals surface area contributed by atoms with Crippen LogP contribution in [0.4, 0.5) is 5.69 Å². The van der Waals surface area contributed by atoms with Gasteiger partial charge >= 0.3 is 0 Å². The summed E-state index contributed by atoms with van der Waals surface area (Å²) >= 11 is 0. The number of hydrogen-bond acceptors (Lipinski definition) is 3. The lowest BCUT2D eigenvalue weighted by atomic mass is 10.0. The third-order valence-electron chi connectivity index (χ3n) is 4.06. The van der Waals surface area contributed by atoms with Crippen molar-refractivity contribution < 1.29 is 4.79 Å². The molecule has 0 aromatic heterocycles. The van der Waals surface area contributed by atoms with Crippen molar-refractivity contribution in [2.75, 3.05) is 19.0 Å². The number of nitrogens with zero attached hydrogens (tertiary/aromatic N) is 2. The molecular weight excluding hydrogens is 298 g/mol. The summed E-state index contributed by atoms with van der Waals surface area (Å²) in [7, 11) is 4.01. The summed E-state index contributed by atoms with van der Waals surface area (Å²) in [5, 5.41) is 4.20. The maximum Gasteiger partial charge on any atom is 0.273 e. The van der Waals surface area contributed by atoms with E-state index in [1.807, 2.05) is 67.5 Å². The van der Waals surface area contributed by atoms with E-state index in [0.717, 1.165) is 29.8 Å². The van der Waals surface area contributed by atoms with Gasteiger partial charge in [0.25, 0.3) is 5.91 Å². The number of carbonyl (C=O) groups is 1. The van der Waals surface area contributed by atoms with E-state index in [-0.39, 0.29) is 5.91 Å². The minimum Gasteiger partial charge on any atom is -0.378 e. The standard InChI is InChI=1S/C20H21N3O/c1-23(2)17-11-8-16(9-12-17)14-18-19(21-22-20(18)24)13-10-15-6-4-3-5-7-15/h3-9,11-12,14H,10,13H2,1-2H3,(H,22,24). The van der Waals surface area contributed by atoms with Gasteiger partial charge in [0.1, 0.15) is 0 Å². The van der Waals surface area contributed by atoms with E-state index < -0.39 is 0 Å². The lowest BCUT2D eigenvalue weighted by Crippen LogP contribution is -2.13. The van der Waals surface area contributed by atoms with Crippen molar-refractivity contribution in [1.29, 1.82) is 0 Å². The molecule has 1 amide bonds. The third kappa shape index (κ3) is 3.71. The first kappa shape index (κ1) is 16.0. The summed E-state index contributed by atoms with van der Waals surface area (Å²) in [4.78, 5) is 14.1. The Morgan fingerprint density at radius 3 is 2.38 bits per heavy atom. The Morgan fingerprint density at radius 1 is 1.00 bits per heavy atom. The summed E-state index contributed by atoms with van der Waals surface area (Å²) in [5.74, 6) is -0.130. The van der Waals surface area contributed by atoms with Crippen molar-refractivity contribution in [2.45, 2.75) is 12.8 Å². The Morgan fingerprint density at radius 2 is 1.71 bits per heavy atom. The molecule has 0 aliphatic carbocycles. The number of benzene rings is 2. The maximum absolute atomic E-state index is 12.1. The van der Waals surface area contributed by atoms with Crippen LogP contribution < -0.4 is 10.3 Å². The smallest absolute Gasteiger partial charge is 0.273 e. The molecule has 0 radical (unpaired) electrons. The van der Waals surface area contributed by atoms with Crippen molar-refractivity contribution in [3.8, 4) is 0 Å². The third-order valence-corrected chi connectivity index (χ3v) is 4.06. The van der Waals surface area contributed by atoms with Gasteiger partial charge in [0, 0.05) is 19.8 Å². The van der Waals surface area contributed by atoms with Crippen molar-refractivity contribution >= 4 is 23.4 Å². The summed E-state index contributed by atoms with van der Waals surface area (Å²) in [6, 6.07) is 18.4. The lowest BCUT2D eigenvalue weighted by Gasteiger charge is -2.12. The van der Waals surface area contributed by atoms with Gasteiger partial charge in [0.05, 0.1) is 11.3 Å². The van der Waals surface area contributed by atoms with Crippen LogP contribution in [0.5, 0.6) is 0 Å². The molecule has 4 nitrogen and oxygen atoms in total. The molecule has 0 unspecified atom stereocenters. The minimum atomic E-state index is -0.130. The number of hydrazone groups is 1. The van der Waals surface area contributed by atoms with Crippen molar-refractivity contribution in [1.82, 2.24) is 5.43 Å². The number of rotatable bonds is 5. The fourth-order valence-electron chi connectivity index (χ4n) is 2.65. The van der Waals surface area contributed by atoms with E-state index in [0.29, 0.717) is 5.57 Å². The molecule has 0 bridgehead atoms. The van der Waals surface area contributed by atoms with Gasteiger partial charge in [-0.2, -0.15) is 5.10 Å². The van der Waals surface area contributed by atoms with E-state index in [1.165, 1.54) is 5.56 Å². The number of carbonyl (C=O) groups excluding carboxylic acids is 1. The number of aryl methyl sites for hydroxylation is 1. The first-order valence-electron chi connectivity index (χ1n) is 8.04. The molecule has 2 aromatic rings. The number of hydrogen-bond donors (Lipinski definition) is 1. The Balaban J connectivity index is 1.74. The fourth-order valence-corrected chi connectivity index (χ4v) is 2.65. The topological polar surface area (TPSA) is 44.7 Å². The van der Waals surface area contributed by atoms with Crippen molar-refractivity contribution in [2.24, 2.45) is 5.10 Å².